The van der Waals surface area contributed by atoms with Gasteiger partial charge in [-0.25, -0.2) is 4.57 Å². The molecule has 0 rings (SSSR count). The van der Waals surface area contributed by atoms with E-state index in [0.717, 1.165) is 63.5 Å². The molecule has 0 fully saturated rings. The second kappa shape index (κ2) is 26.0. The highest BCUT2D eigenvalue weighted by Gasteiger charge is 2.22. The maximum absolute atomic E-state index is 12.2. The van der Waals surface area contributed by atoms with Crippen molar-refractivity contribution in [3.63, 3.8) is 0 Å². The summed E-state index contributed by atoms with van der Waals surface area (Å²) < 4.78 is 26.0. The molecule has 0 saturated carbocycles. The Hall–Kier alpha value is -0.930. The molecule has 0 aromatic rings. The number of rotatable bonds is 27. The minimum absolute atomic E-state index is 0.181. The van der Waals surface area contributed by atoms with Crippen molar-refractivity contribution >= 4 is 36.6 Å². The summed E-state index contributed by atoms with van der Waals surface area (Å²) in [6, 6.07) is 0. The number of ether oxygens (including phenoxy) is 2. The summed E-state index contributed by atoms with van der Waals surface area (Å²) >= 11 is 1.39. The van der Waals surface area contributed by atoms with Crippen LogP contribution in [0.15, 0.2) is 0 Å². The molecule has 0 radical (unpaired) electrons. The molecule has 9 nitrogen and oxygen atoms in total. The van der Waals surface area contributed by atoms with Crippen LogP contribution in [0.25, 0.3) is 0 Å². The maximum Gasteiger partial charge on any atom is 0.469 e. The Morgan fingerprint density at radius 1 is 0.692 bits per heavy atom. The molecule has 0 heterocycles. The highest BCUT2D eigenvalue weighted by Crippen LogP contribution is 2.35. The first-order valence-electron chi connectivity index (χ1n) is 14.8. The van der Waals surface area contributed by atoms with Gasteiger partial charge < -0.3 is 19.3 Å². The zero-order valence-corrected chi connectivity index (χ0v) is 26.0. The van der Waals surface area contributed by atoms with E-state index >= 15 is 0 Å². The Balaban J connectivity index is 4.00. The fourth-order valence-electron chi connectivity index (χ4n) is 4.03. The van der Waals surface area contributed by atoms with E-state index in [-0.39, 0.29) is 24.6 Å². The fraction of sp³-hybridized carbons (Fsp3) is 0.893. The predicted molar refractivity (Wildman–Crippen MR) is 155 cm³/mol. The fourth-order valence-corrected chi connectivity index (χ4v) is 5.02. The molecule has 0 aliphatic rings. The van der Waals surface area contributed by atoms with E-state index in [9.17, 15) is 18.9 Å². The molecular formula is C28H53O9PS. The molecule has 0 saturated heterocycles. The third kappa shape index (κ3) is 29.9. The van der Waals surface area contributed by atoms with Crippen LogP contribution in [-0.2, 0) is 32.9 Å². The second-order valence-electron chi connectivity index (χ2n) is 10.1. The third-order valence-corrected chi connectivity index (χ3v) is 7.61. The largest absolute Gasteiger partial charge is 0.469 e. The normalized spacial score (nSPS) is 12.3. The molecule has 11 heteroatoms. The van der Waals surface area contributed by atoms with Gasteiger partial charge in [0.2, 0.25) is 0 Å². The van der Waals surface area contributed by atoms with Crippen LogP contribution in [0, 0.1) is 0 Å². The Labute approximate surface area is 240 Å². The van der Waals surface area contributed by atoms with Crippen molar-refractivity contribution in [2.75, 3.05) is 19.0 Å². The summed E-state index contributed by atoms with van der Waals surface area (Å²) in [6.07, 6.45) is 17.6. The number of hydrogen-bond donors (Lipinski definition) is 2. The number of thioether (sulfide) groups is 1. The van der Waals surface area contributed by atoms with Crippen LogP contribution < -0.4 is 0 Å². The standard InChI is InChI=1S/C28H53O9PS/c1-3-4-5-6-7-11-15-18-21-28(31)37-26(24-36-38(32,33)34)23-35-27(30)20-17-14-12-9-8-10-13-16-19-22-39-25(2)29/h26H,3-24H2,1-2H3,(H2,32,33,34)/t26-/m1/s1. The lowest BCUT2D eigenvalue weighted by atomic mass is 10.1. The van der Waals surface area contributed by atoms with E-state index in [1.165, 1.54) is 50.3 Å². The van der Waals surface area contributed by atoms with Gasteiger partial charge in [-0.2, -0.15) is 0 Å². The van der Waals surface area contributed by atoms with Gasteiger partial charge in [-0.1, -0.05) is 109 Å². The molecule has 0 unspecified atom stereocenters. The third-order valence-electron chi connectivity index (χ3n) is 6.22. The Kier molecular flexibility index (Phi) is 25.4. The minimum atomic E-state index is -4.74. The summed E-state index contributed by atoms with van der Waals surface area (Å²) in [5.74, 6) is -0.0185. The van der Waals surface area contributed by atoms with Crippen LogP contribution in [0.4, 0.5) is 0 Å². The van der Waals surface area contributed by atoms with E-state index in [1.54, 1.807) is 6.92 Å². The van der Waals surface area contributed by atoms with Crippen molar-refractivity contribution < 1.29 is 42.7 Å². The van der Waals surface area contributed by atoms with Crippen molar-refractivity contribution in [3.05, 3.63) is 0 Å². The van der Waals surface area contributed by atoms with Crippen LogP contribution in [-0.4, -0.2) is 51.9 Å². The van der Waals surface area contributed by atoms with Crippen LogP contribution in [0.2, 0.25) is 0 Å². The Morgan fingerprint density at radius 2 is 1.15 bits per heavy atom. The number of hydrogen-bond acceptors (Lipinski definition) is 8. The van der Waals surface area contributed by atoms with Crippen molar-refractivity contribution in [2.45, 2.75) is 142 Å². The number of carbonyl (C=O) groups excluding carboxylic acids is 3. The molecular weight excluding hydrogens is 543 g/mol. The van der Waals surface area contributed by atoms with Crippen LogP contribution in [0.3, 0.4) is 0 Å². The predicted octanol–water partition coefficient (Wildman–Crippen LogP) is 7.26. The number of unbranched alkanes of at least 4 members (excludes halogenated alkanes) is 15. The molecule has 39 heavy (non-hydrogen) atoms. The van der Waals surface area contributed by atoms with E-state index < -0.39 is 32.5 Å². The highest BCUT2D eigenvalue weighted by atomic mass is 32.2. The van der Waals surface area contributed by atoms with Gasteiger partial charge in [0, 0.05) is 25.5 Å². The molecule has 0 aromatic carbocycles. The van der Waals surface area contributed by atoms with Crippen LogP contribution >= 0.6 is 19.6 Å². The number of carbonyl (C=O) groups is 3. The lowest BCUT2D eigenvalue weighted by Gasteiger charge is -2.18. The van der Waals surface area contributed by atoms with E-state index in [2.05, 4.69) is 11.4 Å². The summed E-state index contributed by atoms with van der Waals surface area (Å²) in [5.41, 5.74) is 0. The SMILES string of the molecule is CCCCCCCCCCC(=O)O[C@H](COC(=O)CCCCCCCCCCCSC(C)=O)COP(=O)(O)O. The van der Waals surface area contributed by atoms with Gasteiger partial charge >= 0.3 is 19.8 Å². The summed E-state index contributed by atoms with van der Waals surface area (Å²) in [4.78, 5) is 53.1. The van der Waals surface area contributed by atoms with Gasteiger partial charge in [-0.05, 0) is 19.3 Å². The van der Waals surface area contributed by atoms with Gasteiger partial charge in [0.15, 0.2) is 11.2 Å². The quantitative estimate of drug-likeness (QED) is 0.0566. The molecule has 2 N–H and O–H groups in total. The van der Waals surface area contributed by atoms with E-state index in [0.29, 0.717) is 12.8 Å². The smallest absolute Gasteiger partial charge is 0.462 e. The number of phosphoric ester groups is 1. The second-order valence-corrected chi connectivity index (χ2v) is 12.6. The molecule has 0 aliphatic heterocycles. The summed E-state index contributed by atoms with van der Waals surface area (Å²) in [5, 5.41) is 0.181. The van der Waals surface area contributed by atoms with Gasteiger partial charge in [0.05, 0.1) is 6.61 Å². The lowest BCUT2D eigenvalue weighted by Crippen LogP contribution is -2.29. The molecule has 0 aromatic heterocycles. The first kappa shape index (κ1) is 38.1. The highest BCUT2D eigenvalue weighted by molar-refractivity contribution is 8.13. The Morgan fingerprint density at radius 3 is 1.64 bits per heavy atom. The molecule has 0 amide bonds. The van der Waals surface area contributed by atoms with Crippen LogP contribution in [0.5, 0.6) is 0 Å². The van der Waals surface area contributed by atoms with E-state index in [1.807, 2.05) is 0 Å². The summed E-state index contributed by atoms with van der Waals surface area (Å²) in [6.45, 7) is 2.93. The topological polar surface area (TPSA) is 136 Å². The zero-order chi connectivity index (χ0) is 29.2. The van der Waals surface area contributed by atoms with Crippen LogP contribution in [0.1, 0.15) is 136 Å². The monoisotopic (exact) mass is 596 g/mol. The van der Waals surface area contributed by atoms with Gasteiger partial charge in [-0.15, -0.1) is 0 Å². The molecule has 0 aliphatic carbocycles. The van der Waals surface area contributed by atoms with Gasteiger partial charge in [0.1, 0.15) is 6.61 Å². The van der Waals surface area contributed by atoms with Crippen molar-refractivity contribution in [1.82, 2.24) is 0 Å². The zero-order valence-electron chi connectivity index (χ0n) is 24.2. The maximum atomic E-state index is 12.2. The molecule has 1 atom stereocenters. The van der Waals surface area contributed by atoms with Gasteiger partial charge in [0.25, 0.3) is 0 Å². The summed E-state index contributed by atoms with van der Waals surface area (Å²) in [7, 11) is -4.74. The first-order valence-corrected chi connectivity index (χ1v) is 17.3. The van der Waals surface area contributed by atoms with Crippen molar-refractivity contribution in [3.8, 4) is 0 Å². The lowest BCUT2D eigenvalue weighted by molar-refractivity contribution is -0.161. The molecule has 230 valence electrons. The number of esters is 2. The minimum Gasteiger partial charge on any atom is -0.462 e. The van der Waals surface area contributed by atoms with Crippen molar-refractivity contribution in [2.24, 2.45) is 0 Å². The van der Waals surface area contributed by atoms with Crippen molar-refractivity contribution in [1.29, 1.82) is 0 Å². The molecule has 0 bridgehead atoms. The number of phosphoric acid groups is 1. The van der Waals surface area contributed by atoms with E-state index in [4.69, 9.17) is 19.3 Å². The average molecular weight is 597 g/mol. The average Bonchev–Trinajstić information content (AvgIpc) is 2.87. The first-order chi connectivity index (χ1) is 18.6. The molecule has 0 spiro atoms. The Bertz CT molecular complexity index is 684. The van der Waals surface area contributed by atoms with Gasteiger partial charge in [-0.3, -0.25) is 18.9 Å².